The Balaban J connectivity index is 3.08. The summed E-state index contributed by atoms with van der Waals surface area (Å²) in [6.07, 6.45) is 0. The molecule has 1 aromatic rings. The predicted octanol–water partition coefficient (Wildman–Crippen LogP) is 4.45. The third kappa shape index (κ3) is 3.06. The largest absolute Gasteiger partial charge is 0.542 e. The summed E-state index contributed by atoms with van der Waals surface area (Å²) < 4.78 is 5.64. The van der Waals surface area contributed by atoms with Crippen LogP contribution in [0.3, 0.4) is 0 Å². The maximum absolute atomic E-state index is 5.97. The molecule has 0 N–H and O–H groups in total. The molecule has 0 heterocycles. The van der Waals surface area contributed by atoms with E-state index in [4.69, 9.17) is 39.2 Å². The van der Waals surface area contributed by atoms with Gasteiger partial charge in [0.05, 0.1) is 5.02 Å². The molecular weight excluding hydrogens is 259 g/mol. The summed E-state index contributed by atoms with van der Waals surface area (Å²) in [5, 5.41) is 0.542. The molecule has 14 heavy (non-hydrogen) atoms. The van der Waals surface area contributed by atoms with E-state index in [0.29, 0.717) is 16.3 Å². The molecule has 0 saturated heterocycles. The quantitative estimate of drug-likeness (QED) is 0.581. The zero-order chi connectivity index (χ0) is 10.7. The zero-order valence-corrected chi connectivity index (χ0v) is 11.1. The van der Waals surface area contributed by atoms with Crippen LogP contribution in [0.25, 0.3) is 0 Å². The van der Waals surface area contributed by atoms with E-state index in [2.05, 4.69) is 0 Å². The lowest BCUT2D eigenvalue weighted by Gasteiger charge is -2.15. The molecule has 0 aliphatic carbocycles. The van der Waals surface area contributed by atoms with E-state index in [-0.39, 0.29) is 0 Å². The molecule has 0 aliphatic rings. The molecule has 0 unspecified atom stereocenters. The lowest BCUT2D eigenvalue weighted by atomic mass is 10.2. The summed E-state index contributed by atoms with van der Waals surface area (Å²) in [5.41, 5.74) is 0.656. The van der Waals surface area contributed by atoms with E-state index < -0.39 is 13.9 Å². The monoisotopic (exact) mass is 267 g/mol. The van der Waals surface area contributed by atoms with E-state index >= 15 is 0 Å². The van der Waals surface area contributed by atoms with Crippen molar-refractivity contribution in [2.75, 3.05) is 0 Å². The van der Waals surface area contributed by atoms with Crippen molar-refractivity contribution < 1.29 is 4.43 Å². The number of benzene rings is 1. The molecule has 0 fully saturated rings. The van der Waals surface area contributed by atoms with Crippen molar-refractivity contribution in [2.45, 2.75) is 17.9 Å². The lowest BCUT2D eigenvalue weighted by Crippen LogP contribution is -2.12. The molecule has 0 atom stereocenters. The van der Waals surface area contributed by atoms with Crippen molar-refractivity contribution >= 4 is 43.8 Å². The molecule has 5 heteroatoms. The van der Waals surface area contributed by atoms with E-state index in [9.17, 15) is 0 Å². The van der Waals surface area contributed by atoms with Crippen LogP contribution in [-0.2, 0) is 0 Å². The molecule has 0 aromatic heterocycles. The molecule has 1 aromatic carbocycles. The van der Waals surface area contributed by atoms with Gasteiger partial charge in [-0.25, -0.2) is 0 Å². The second-order valence-corrected chi connectivity index (χ2v) is 6.49. The average molecular weight is 269 g/mol. The van der Waals surface area contributed by atoms with Crippen LogP contribution in [0.15, 0.2) is 18.2 Å². The number of hydrogen-bond donors (Lipinski definition) is 0. The number of hydrogen-bond acceptors (Lipinski definition) is 1. The van der Waals surface area contributed by atoms with Gasteiger partial charge in [-0.2, -0.15) is 0 Å². The van der Waals surface area contributed by atoms with Crippen LogP contribution >= 0.6 is 34.8 Å². The van der Waals surface area contributed by atoms with Gasteiger partial charge in [0.25, 0.3) is 9.04 Å². The van der Waals surface area contributed by atoms with Crippen LogP contribution in [-0.4, -0.2) is 9.04 Å². The Labute approximate surface area is 101 Å². The van der Waals surface area contributed by atoms with Gasteiger partial charge in [0.1, 0.15) is 10.6 Å². The fourth-order valence-corrected chi connectivity index (χ4v) is 2.49. The number of halogens is 3. The van der Waals surface area contributed by atoms with Crippen LogP contribution in [0.2, 0.25) is 18.1 Å². The molecule has 0 spiro atoms. The van der Waals surface area contributed by atoms with Crippen molar-refractivity contribution in [3.8, 4) is 5.75 Å². The van der Waals surface area contributed by atoms with Gasteiger partial charge in [0.15, 0.2) is 0 Å². The molecule has 1 nitrogen and oxygen atoms in total. The smallest absolute Gasteiger partial charge is 0.274 e. The third-order valence-electron chi connectivity index (χ3n) is 1.55. The Bertz CT molecular complexity index is 315. The zero-order valence-electron chi connectivity index (χ0n) is 7.85. The first-order valence-corrected chi connectivity index (χ1v) is 7.73. The van der Waals surface area contributed by atoms with Gasteiger partial charge in [-0.15, -0.1) is 0 Å². The normalized spacial score (nSPS) is 11.1. The highest BCUT2D eigenvalue weighted by Gasteiger charge is 2.15. The molecule has 77 valence electrons. The molecule has 0 amide bonds. The minimum absolute atomic E-state index is 0.542. The summed E-state index contributed by atoms with van der Waals surface area (Å²) in [5.74, 6) is 0.686. The van der Waals surface area contributed by atoms with Crippen LogP contribution in [0.4, 0.5) is 0 Å². The van der Waals surface area contributed by atoms with Gasteiger partial charge in [0.2, 0.25) is 0 Å². The minimum Gasteiger partial charge on any atom is -0.542 e. The van der Waals surface area contributed by atoms with Crippen LogP contribution in [0.1, 0.15) is 10.4 Å². The van der Waals surface area contributed by atoms with Gasteiger partial charge in [-0.1, -0.05) is 40.9 Å². The molecular formula is C9H10Cl3OSi. The van der Waals surface area contributed by atoms with E-state index in [1.54, 1.807) is 6.07 Å². The molecule has 0 bridgehead atoms. The lowest BCUT2D eigenvalue weighted by molar-refractivity contribution is 0.574. The number of rotatable bonds is 3. The first-order valence-electron chi connectivity index (χ1n) is 4.07. The van der Waals surface area contributed by atoms with Crippen molar-refractivity contribution in [2.24, 2.45) is 0 Å². The second kappa shape index (κ2) is 5.26. The first kappa shape index (κ1) is 12.2. The highest BCUT2D eigenvalue weighted by Crippen LogP contribution is 2.38. The summed E-state index contributed by atoms with van der Waals surface area (Å²) >= 11 is 17.6. The standard InChI is InChI=1S/C9H10Cl3OSi/c1-14(2)13-7-5-3-4-6(10)8(7)9(11)12/h3-5,9H,1-2H3. The summed E-state index contributed by atoms with van der Waals surface area (Å²) in [6, 6.07) is 5.40. The average Bonchev–Trinajstić information content (AvgIpc) is 2.01. The van der Waals surface area contributed by atoms with Gasteiger partial charge >= 0.3 is 0 Å². The molecule has 0 saturated carbocycles. The Hall–Kier alpha value is 0.107. The topological polar surface area (TPSA) is 9.23 Å². The van der Waals surface area contributed by atoms with Crippen molar-refractivity contribution in [3.63, 3.8) is 0 Å². The minimum atomic E-state index is -0.835. The van der Waals surface area contributed by atoms with E-state index in [0.717, 1.165) is 0 Å². The SMILES string of the molecule is C[Si](C)Oc1cccc(Cl)c1C(Cl)Cl. The summed E-state index contributed by atoms with van der Waals surface area (Å²) in [6.45, 7) is 4.07. The van der Waals surface area contributed by atoms with Crippen molar-refractivity contribution in [3.05, 3.63) is 28.8 Å². The Morgan fingerprint density at radius 2 is 1.93 bits per heavy atom. The Morgan fingerprint density at radius 1 is 1.29 bits per heavy atom. The van der Waals surface area contributed by atoms with Gasteiger partial charge in [0, 0.05) is 5.56 Å². The maximum atomic E-state index is 5.97. The van der Waals surface area contributed by atoms with Gasteiger partial charge in [-0.05, 0) is 25.2 Å². The Kier molecular flexibility index (Phi) is 4.58. The summed E-state index contributed by atoms with van der Waals surface area (Å²) in [7, 11) is -0.835. The van der Waals surface area contributed by atoms with Gasteiger partial charge in [-0.3, -0.25) is 0 Å². The second-order valence-electron chi connectivity index (χ2n) is 2.96. The van der Waals surface area contributed by atoms with Crippen LogP contribution < -0.4 is 4.43 Å². The van der Waals surface area contributed by atoms with Crippen molar-refractivity contribution in [1.29, 1.82) is 0 Å². The highest BCUT2D eigenvalue weighted by atomic mass is 35.5. The van der Waals surface area contributed by atoms with Crippen LogP contribution in [0.5, 0.6) is 5.75 Å². The fourth-order valence-electron chi connectivity index (χ4n) is 1.04. The number of alkyl halides is 2. The van der Waals surface area contributed by atoms with E-state index in [1.165, 1.54) is 0 Å². The van der Waals surface area contributed by atoms with Crippen molar-refractivity contribution in [1.82, 2.24) is 0 Å². The van der Waals surface area contributed by atoms with Crippen LogP contribution in [0, 0.1) is 0 Å². The first-order chi connectivity index (χ1) is 6.52. The summed E-state index contributed by atoms with van der Waals surface area (Å²) in [4.78, 5) is -0.653. The maximum Gasteiger partial charge on any atom is 0.274 e. The fraction of sp³-hybridized carbons (Fsp3) is 0.333. The highest BCUT2D eigenvalue weighted by molar-refractivity contribution is 6.49. The molecule has 1 rings (SSSR count). The van der Waals surface area contributed by atoms with E-state index in [1.807, 2.05) is 25.2 Å². The Morgan fingerprint density at radius 3 is 2.43 bits per heavy atom. The third-order valence-corrected chi connectivity index (χ3v) is 2.94. The molecule has 0 aliphatic heterocycles. The molecule has 1 radical (unpaired) electrons. The van der Waals surface area contributed by atoms with Gasteiger partial charge < -0.3 is 4.43 Å². The predicted molar refractivity (Wildman–Crippen MR) is 64.0 cm³/mol.